The molecular formula is C42H44N8O6. The van der Waals surface area contributed by atoms with Crippen LogP contribution in [0, 0.1) is 23.7 Å². The Balaban J connectivity index is 0.000000172. The zero-order valence-electron chi connectivity index (χ0n) is 31.8. The predicted molar refractivity (Wildman–Crippen MR) is 206 cm³/mol. The molecule has 4 heterocycles. The number of nitrogens with two attached hydrogens (primary N) is 2. The van der Waals surface area contributed by atoms with Crippen molar-refractivity contribution in [2.75, 3.05) is 27.2 Å². The first-order valence-electron chi connectivity index (χ1n) is 18.7. The summed E-state index contributed by atoms with van der Waals surface area (Å²) in [4.78, 5) is 50.7. The highest BCUT2D eigenvalue weighted by molar-refractivity contribution is 5.94. The summed E-state index contributed by atoms with van der Waals surface area (Å²) in [6.45, 7) is 5.11. The fraction of sp³-hybridized carbons (Fsp3) is 0.381. The molecule has 2 saturated heterocycles. The fourth-order valence-electron chi connectivity index (χ4n) is 7.95. The number of aliphatic hydroxyl groups is 2. The molecule has 4 aromatic rings. The van der Waals surface area contributed by atoms with Crippen LogP contribution in [0.1, 0.15) is 106 Å². The van der Waals surface area contributed by atoms with Gasteiger partial charge in [-0.25, -0.2) is 9.36 Å². The predicted octanol–water partition coefficient (Wildman–Crippen LogP) is 1.93. The van der Waals surface area contributed by atoms with E-state index in [-0.39, 0.29) is 23.7 Å². The minimum atomic E-state index is -1.63. The Labute approximate surface area is 324 Å². The number of fused-ring (bicyclic) bond motifs is 2. The number of primary amides is 2. The second-order valence-electron chi connectivity index (χ2n) is 15.1. The average Bonchev–Trinajstić information content (AvgIpc) is 4.03. The second-order valence-corrected chi connectivity index (χ2v) is 15.1. The summed E-state index contributed by atoms with van der Waals surface area (Å²) in [5.74, 6) is 9.98. The molecule has 4 atom stereocenters. The molecule has 0 spiro atoms. The van der Waals surface area contributed by atoms with Gasteiger partial charge in [0.05, 0.1) is 11.4 Å². The fourth-order valence-corrected chi connectivity index (χ4v) is 7.95. The molecular weight excluding hydrogens is 713 g/mol. The van der Waals surface area contributed by atoms with Gasteiger partial charge >= 0.3 is 0 Å². The molecule has 14 heteroatoms. The first-order valence-corrected chi connectivity index (χ1v) is 18.7. The van der Waals surface area contributed by atoms with E-state index in [1.54, 1.807) is 23.5 Å². The van der Waals surface area contributed by atoms with Gasteiger partial charge in [-0.2, -0.15) is 10.2 Å². The van der Waals surface area contributed by atoms with E-state index >= 15 is 0 Å². The van der Waals surface area contributed by atoms with Gasteiger partial charge in [-0.3, -0.25) is 19.2 Å². The average molecular weight is 757 g/mol. The van der Waals surface area contributed by atoms with Gasteiger partial charge < -0.3 is 31.5 Å². The highest BCUT2D eigenvalue weighted by Crippen LogP contribution is 2.38. The summed E-state index contributed by atoms with van der Waals surface area (Å²) in [6.07, 6.45) is 4.15. The molecule has 2 aliphatic carbocycles. The van der Waals surface area contributed by atoms with Crippen molar-refractivity contribution in [3.63, 3.8) is 0 Å². The lowest BCUT2D eigenvalue weighted by atomic mass is 10.0. The van der Waals surface area contributed by atoms with Crippen molar-refractivity contribution in [2.45, 2.75) is 75.4 Å². The van der Waals surface area contributed by atoms with Gasteiger partial charge in [-0.05, 0) is 73.9 Å². The van der Waals surface area contributed by atoms with Gasteiger partial charge in [0.25, 0.3) is 23.6 Å². The number of carbonyl (C=O) groups excluding carboxylic acids is 4. The van der Waals surface area contributed by atoms with E-state index in [1.165, 1.54) is 9.80 Å². The molecule has 4 aliphatic rings. The topological polar surface area (TPSA) is 203 Å². The Morgan fingerprint density at radius 3 is 1.45 bits per heavy atom. The Morgan fingerprint density at radius 2 is 1.11 bits per heavy atom. The van der Waals surface area contributed by atoms with Crippen LogP contribution in [0.15, 0.2) is 48.5 Å². The quantitative estimate of drug-likeness (QED) is 0.226. The van der Waals surface area contributed by atoms with Crippen molar-refractivity contribution in [3.05, 3.63) is 93.6 Å². The molecule has 2 fully saturated rings. The number of hydrogen-bond acceptors (Lipinski definition) is 8. The molecule has 6 N–H and O–H groups in total. The summed E-state index contributed by atoms with van der Waals surface area (Å²) in [5, 5.41) is 29.8. The minimum Gasteiger partial charge on any atom is -0.369 e. The zero-order chi connectivity index (χ0) is 40.1. The highest BCUT2D eigenvalue weighted by atomic mass is 16.3. The number of carbonyl (C=O) groups is 4. The largest absolute Gasteiger partial charge is 0.369 e. The molecule has 56 heavy (non-hydrogen) atoms. The second kappa shape index (κ2) is 14.5. The van der Waals surface area contributed by atoms with Gasteiger partial charge in [0.1, 0.15) is 0 Å². The molecule has 2 aliphatic heterocycles. The third-order valence-corrected chi connectivity index (χ3v) is 11.2. The molecule has 14 nitrogen and oxygen atoms in total. The van der Waals surface area contributed by atoms with Gasteiger partial charge in [-0.1, -0.05) is 49.7 Å². The highest BCUT2D eigenvalue weighted by Gasteiger charge is 2.43. The van der Waals surface area contributed by atoms with Crippen LogP contribution in [0.3, 0.4) is 0 Å². The maximum atomic E-state index is 12.1. The normalized spacial score (nSPS) is 23.5. The van der Waals surface area contributed by atoms with Crippen molar-refractivity contribution in [2.24, 2.45) is 11.5 Å². The first kappa shape index (κ1) is 38.1. The van der Waals surface area contributed by atoms with Crippen LogP contribution in [0.25, 0.3) is 11.4 Å². The molecule has 0 bridgehead atoms. The van der Waals surface area contributed by atoms with Crippen LogP contribution in [0.4, 0.5) is 0 Å². The maximum absolute atomic E-state index is 12.1. The number of benzene rings is 2. The van der Waals surface area contributed by atoms with Crippen LogP contribution < -0.4 is 11.5 Å². The van der Waals surface area contributed by atoms with Crippen LogP contribution in [0.2, 0.25) is 0 Å². The van der Waals surface area contributed by atoms with Gasteiger partial charge in [-0.15, -0.1) is 0 Å². The Bertz CT molecular complexity index is 2260. The lowest BCUT2D eigenvalue weighted by Crippen LogP contribution is -2.37. The molecule has 0 radical (unpaired) electrons. The van der Waals surface area contributed by atoms with Crippen molar-refractivity contribution in [3.8, 4) is 35.1 Å². The number of rotatable bonds is 4. The first-order chi connectivity index (χ1) is 26.6. The third-order valence-electron chi connectivity index (χ3n) is 11.2. The summed E-state index contributed by atoms with van der Waals surface area (Å²) in [5.41, 5.74) is 15.1. The lowest BCUT2D eigenvalue weighted by Gasteiger charge is -2.13. The van der Waals surface area contributed by atoms with Crippen LogP contribution in [-0.4, -0.2) is 102 Å². The standard InChI is InChI=1S/2C21H22N4O3/c2*1-13-6-7-16-17(13)18(19(22)26)23-25(16)15-5-3-4-14(12-15)8-9-21(28)10-11-24(2)20(21)27/h2*3-5,12-13,28H,6-7,10-11H2,1-2H3,(H2,22,26)/t13-,21+;13-,21-/m10/s1. The van der Waals surface area contributed by atoms with Crippen LogP contribution >= 0.6 is 0 Å². The number of amides is 4. The molecule has 8 rings (SSSR count). The molecule has 2 aromatic heterocycles. The number of nitrogens with zero attached hydrogens (tertiary/aromatic N) is 6. The molecule has 2 aromatic carbocycles. The molecule has 0 unspecified atom stereocenters. The molecule has 4 amide bonds. The zero-order valence-corrected chi connectivity index (χ0v) is 31.8. The van der Waals surface area contributed by atoms with Crippen LogP contribution in [0.5, 0.6) is 0 Å². The van der Waals surface area contributed by atoms with E-state index in [4.69, 9.17) is 11.5 Å². The Hall–Kier alpha value is -6.22. The Kier molecular flexibility index (Phi) is 9.83. The van der Waals surface area contributed by atoms with Crippen molar-refractivity contribution < 1.29 is 29.4 Å². The number of aromatic nitrogens is 4. The van der Waals surface area contributed by atoms with Crippen molar-refractivity contribution in [1.82, 2.24) is 29.4 Å². The van der Waals surface area contributed by atoms with Gasteiger partial charge in [0.2, 0.25) is 11.2 Å². The lowest BCUT2D eigenvalue weighted by molar-refractivity contribution is -0.138. The number of likely N-dealkylation sites (N-methyl/N-ethyl adjacent to an activating group) is 2. The van der Waals surface area contributed by atoms with Gasteiger partial charge in [0.15, 0.2) is 11.4 Å². The molecule has 288 valence electrons. The number of hydrogen-bond donors (Lipinski definition) is 4. The van der Waals surface area contributed by atoms with E-state index < -0.39 is 23.0 Å². The maximum Gasteiger partial charge on any atom is 0.269 e. The monoisotopic (exact) mass is 756 g/mol. The van der Waals surface area contributed by atoms with E-state index in [0.717, 1.165) is 59.6 Å². The van der Waals surface area contributed by atoms with Crippen LogP contribution in [-0.2, 0) is 22.4 Å². The number of likely N-dealkylation sites (tertiary alicyclic amines) is 2. The Morgan fingerprint density at radius 1 is 0.714 bits per heavy atom. The van der Waals surface area contributed by atoms with Gasteiger partial charge in [0, 0.05) is 73.7 Å². The SMILES string of the molecule is C[C@@H]1CCc2c1c(C(N)=O)nn2-c1cccc(C#C[C@]2(O)CCN(C)C2=O)c1.C[C@H]1CCc2c1c(C(N)=O)nn2-c1cccc(C#C[C@]2(O)CCN(C)C2=O)c1. The summed E-state index contributed by atoms with van der Waals surface area (Å²) in [6, 6.07) is 14.7. The summed E-state index contributed by atoms with van der Waals surface area (Å²) < 4.78 is 3.51. The smallest absolute Gasteiger partial charge is 0.269 e. The minimum absolute atomic E-state index is 0.244. The van der Waals surface area contributed by atoms with E-state index in [0.29, 0.717) is 48.4 Å². The molecule has 0 saturated carbocycles. The summed E-state index contributed by atoms with van der Waals surface area (Å²) >= 11 is 0. The van der Waals surface area contributed by atoms with E-state index in [2.05, 4.69) is 47.7 Å². The van der Waals surface area contributed by atoms with Crippen molar-refractivity contribution in [1.29, 1.82) is 0 Å². The van der Waals surface area contributed by atoms with E-state index in [1.807, 2.05) is 48.5 Å². The van der Waals surface area contributed by atoms with Crippen molar-refractivity contribution >= 4 is 23.6 Å². The third kappa shape index (κ3) is 6.82. The summed E-state index contributed by atoms with van der Waals surface area (Å²) in [7, 11) is 3.30. The van der Waals surface area contributed by atoms with E-state index in [9.17, 15) is 29.4 Å².